The van der Waals surface area contributed by atoms with Crippen molar-refractivity contribution >= 4 is 29.5 Å². The number of nitrogens with one attached hydrogen (secondary N) is 3. The molecule has 0 spiro atoms. The highest BCUT2D eigenvalue weighted by Gasteiger charge is 2.38. The molecule has 0 aliphatic rings. The fourth-order valence-electron chi connectivity index (χ4n) is 4.72. The summed E-state index contributed by atoms with van der Waals surface area (Å²) in [5, 5.41) is 8.55. The van der Waals surface area contributed by atoms with Crippen molar-refractivity contribution in [3.05, 3.63) is 102 Å². The van der Waals surface area contributed by atoms with Crippen LogP contribution < -0.4 is 20.7 Å². The molecule has 0 aliphatic heterocycles. The number of methoxy groups -OCH3 is 1. The molecule has 0 saturated heterocycles. The van der Waals surface area contributed by atoms with Crippen molar-refractivity contribution in [2.45, 2.75) is 43.9 Å². The zero-order valence-corrected chi connectivity index (χ0v) is 26.1. The number of ether oxygens (including phenoxy) is 2. The third kappa shape index (κ3) is 10.1. The number of amides is 3. The predicted molar refractivity (Wildman–Crippen MR) is 172 cm³/mol. The van der Waals surface area contributed by atoms with Gasteiger partial charge in [-0.25, -0.2) is 0 Å². The molecule has 0 aromatic heterocycles. The summed E-state index contributed by atoms with van der Waals surface area (Å²) < 4.78 is 10.3. The Bertz CT molecular complexity index is 1230. The smallest absolute Gasteiger partial charge is 0.243 e. The van der Waals surface area contributed by atoms with Crippen LogP contribution >= 0.6 is 11.8 Å². The van der Waals surface area contributed by atoms with Crippen LogP contribution in [0.1, 0.15) is 49.8 Å². The van der Waals surface area contributed by atoms with Gasteiger partial charge in [0.2, 0.25) is 17.7 Å². The minimum atomic E-state index is -0.773. The van der Waals surface area contributed by atoms with Crippen molar-refractivity contribution in [2.75, 3.05) is 39.2 Å². The molecule has 1 atom stereocenters. The summed E-state index contributed by atoms with van der Waals surface area (Å²) in [5.41, 5.74) is 3.12. The maximum atomic E-state index is 13.3. The summed E-state index contributed by atoms with van der Waals surface area (Å²) in [7, 11) is 1.64. The SMILES string of the molecule is CCCCC(=O)NCCOCCNC(=O)[C@H](CSC(c1ccccc1)(c1ccccc1)c1ccc(OC)cc1)NC(C)=O. The van der Waals surface area contributed by atoms with Gasteiger partial charge >= 0.3 is 0 Å². The molecule has 8 nitrogen and oxygen atoms in total. The Morgan fingerprint density at radius 3 is 1.91 bits per heavy atom. The van der Waals surface area contributed by atoms with Crippen molar-refractivity contribution in [1.82, 2.24) is 16.0 Å². The predicted octanol–water partition coefficient (Wildman–Crippen LogP) is 4.66. The lowest BCUT2D eigenvalue weighted by molar-refractivity contribution is -0.127. The molecule has 3 rings (SSSR count). The fourth-order valence-corrected chi connectivity index (χ4v) is 6.28. The molecule has 0 saturated carbocycles. The Hall–Kier alpha value is -3.82. The first-order chi connectivity index (χ1) is 20.9. The molecule has 0 unspecified atom stereocenters. The molecule has 3 amide bonds. The van der Waals surface area contributed by atoms with E-state index in [1.807, 2.05) is 67.6 Å². The highest BCUT2D eigenvalue weighted by Crippen LogP contribution is 2.49. The van der Waals surface area contributed by atoms with Gasteiger partial charge < -0.3 is 25.4 Å². The van der Waals surface area contributed by atoms with Gasteiger partial charge in [-0.3, -0.25) is 14.4 Å². The van der Waals surface area contributed by atoms with E-state index in [2.05, 4.69) is 40.2 Å². The number of thioether (sulfide) groups is 1. The first-order valence-electron chi connectivity index (χ1n) is 14.7. The van der Waals surface area contributed by atoms with Gasteiger partial charge in [-0.2, -0.15) is 0 Å². The number of carbonyl (C=O) groups is 3. The maximum absolute atomic E-state index is 13.3. The Kier molecular flexibility index (Phi) is 14.1. The Morgan fingerprint density at radius 2 is 1.37 bits per heavy atom. The molecule has 3 aromatic rings. The summed E-state index contributed by atoms with van der Waals surface area (Å²) >= 11 is 1.59. The van der Waals surface area contributed by atoms with E-state index in [9.17, 15) is 14.4 Å². The van der Waals surface area contributed by atoms with Gasteiger partial charge in [0.15, 0.2) is 0 Å². The summed E-state index contributed by atoms with van der Waals surface area (Å²) in [4.78, 5) is 37.2. The highest BCUT2D eigenvalue weighted by molar-refractivity contribution is 8.00. The second-order valence-electron chi connectivity index (χ2n) is 10.1. The average Bonchev–Trinajstić information content (AvgIpc) is 3.04. The van der Waals surface area contributed by atoms with Crippen molar-refractivity contribution < 1.29 is 23.9 Å². The van der Waals surface area contributed by atoms with Gasteiger partial charge in [-0.1, -0.05) is 86.1 Å². The van der Waals surface area contributed by atoms with Gasteiger partial charge in [0.1, 0.15) is 11.8 Å². The van der Waals surface area contributed by atoms with Crippen LogP contribution in [0.15, 0.2) is 84.9 Å². The molecular formula is C34H43N3O5S. The van der Waals surface area contributed by atoms with Crippen molar-refractivity contribution in [2.24, 2.45) is 0 Å². The van der Waals surface area contributed by atoms with Crippen LogP contribution in [-0.4, -0.2) is 62.9 Å². The van der Waals surface area contributed by atoms with Crippen LogP contribution in [-0.2, 0) is 23.9 Å². The molecule has 230 valence electrons. The lowest BCUT2D eigenvalue weighted by Gasteiger charge is -2.36. The zero-order chi connectivity index (χ0) is 30.9. The second-order valence-corrected chi connectivity index (χ2v) is 11.3. The van der Waals surface area contributed by atoms with Gasteiger partial charge in [-0.15, -0.1) is 11.8 Å². The Balaban J connectivity index is 1.74. The van der Waals surface area contributed by atoms with Crippen LogP contribution in [0.25, 0.3) is 0 Å². The number of benzene rings is 3. The van der Waals surface area contributed by atoms with E-state index in [4.69, 9.17) is 9.47 Å². The van der Waals surface area contributed by atoms with Gasteiger partial charge in [0, 0.05) is 32.2 Å². The first-order valence-corrected chi connectivity index (χ1v) is 15.7. The molecule has 43 heavy (non-hydrogen) atoms. The molecule has 0 radical (unpaired) electrons. The second kappa shape index (κ2) is 18.0. The first kappa shape index (κ1) is 33.7. The molecule has 3 aromatic carbocycles. The van der Waals surface area contributed by atoms with E-state index in [-0.39, 0.29) is 24.3 Å². The van der Waals surface area contributed by atoms with Crippen molar-refractivity contribution in [3.63, 3.8) is 0 Å². The van der Waals surface area contributed by atoms with Crippen molar-refractivity contribution in [3.8, 4) is 5.75 Å². The number of unbranched alkanes of at least 4 members (excludes halogenated alkanes) is 1. The van der Waals surface area contributed by atoms with E-state index in [0.29, 0.717) is 31.9 Å². The molecule has 0 bridgehead atoms. The number of hydrogen-bond acceptors (Lipinski definition) is 6. The molecule has 0 heterocycles. The van der Waals surface area contributed by atoms with Crippen molar-refractivity contribution in [1.29, 1.82) is 0 Å². The third-order valence-corrected chi connectivity index (χ3v) is 8.53. The largest absolute Gasteiger partial charge is 0.497 e. The normalized spacial score (nSPS) is 11.8. The van der Waals surface area contributed by atoms with Gasteiger partial charge in [0.25, 0.3) is 0 Å². The maximum Gasteiger partial charge on any atom is 0.243 e. The van der Waals surface area contributed by atoms with Crippen LogP contribution in [0.5, 0.6) is 5.75 Å². The molecular weight excluding hydrogens is 562 g/mol. The van der Waals surface area contributed by atoms with Crippen LogP contribution in [0.2, 0.25) is 0 Å². The van der Waals surface area contributed by atoms with Gasteiger partial charge in [0.05, 0.1) is 25.1 Å². The summed E-state index contributed by atoms with van der Waals surface area (Å²) in [6.07, 6.45) is 2.36. The topological polar surface area (TPSA) is 106 Å². The molecule has 9 heteroatoms. The minimum Gasteiger partial charge on any atom is -0.497 e. The summed E-state index contributed by atoms with van der Waals surface area (Å²) in [6.45, 7) is 4.81. The molecule has 0 aliphatic carbocycles. The lowest BCUT2D eigenvalue weighted by Crippen LogP contribution is -2.49. The average molecular weight is 606 g/mol. The van der Waals surface area contributed by atoms with E-state index in [1.54, 1.807) is 18.9 Å². The fraction of sp³-hybridized carbons (Fsp3) is 0.382. The Labute approximate surface area is 259 Å². The quantitative estimate of drug-likeness (QED) is 0.144. The van der Waals surface area contributed by atoms with E-state index in [0.717, 1.165) is 35.3 Å². The zero-order valence-electron chi connectivity index (χ0n) is 25.3. The highest BCUT2D eigenvalue weighted by atomic mass is 32.2. The van der Waals surface area contributed by atoms with Crippen LogP contribution in [0, 0.1) is 0 Å². The van der Waals surface area contributed by atoms with E-state index < -0.39 is 10.8 Å². The number of carbonyl (C=O) groups excluding carboxylic acids is 3. The Morgan fingerprint density at radius 1 is 0.814 bits per heavy atom. The van der Waals surface area contributed by atoms with Crippen LogP contribution in [0.3, 0.4) is 0 Å². The monoisotopic (exact) mass is 605 g/mol. The standard InChI is InChI=1S/C34H43N3O5S/c1-4-5-16-32(39)35-21-23-42-24-22-36-33(40)31(37-26(2)38)25-43-34(27-12-8-6-9-13-27,28-14-10-7-11-15-28)29-17-19-30(41-3)20-18-29/h6-15,17-20,31H,4-5,16,21-25H2,1-3H3,(H,35,39)(H,36,40)(H,37,38)/t31-/m0/s1. The van der Waals surface area contributed by atoms with E-state index >= 15 is 0 Å². The van der Waals surface area contributed by atoms with Crippen LogP contribution in [0.4, 0.5) is 0 Å². The molecule has 3 N–H and O–H groups in total. The molecule has 0 fully saturated rings. The van der Waals surface area contributed by atoms with Gasteiger partial charge in [-0.05, 0) is 35.2 Å². The summed E-state index contributed by atoms with van der Waals surface area (Å²) in [6, 6.07) is 27.5. The minimum absolute atomic E-state index is 0.0196. The number of rotatable bonds is 18. The van der Waals surface area contributed by atoms with E-state index in [1.165, 1.54) is 6.92 Å². The number of hydrogen-bond donors (Lipinski definition) is 3. The third-order valence-electron chi connectivity index (χ3n) is 6.89. The lowest BCUT2D eigenvalue weighted by atomic mass is 9.84. The summed E-state index contributed by atoms with van der Waals surface area (Å²) in [5.74, 6) is 0.506.